The van der Waals surface area contributed by atoms with Crippen molar-refractivity contribution in [1.29, 1.82) is 0 Å². The SMILES string of the molecule is CN(CC1(CO)CCC1)c1ccc(F)cc1F. The maximum atomic E-state index is 13.6. The van der Waals surface area contributed by atoms with Crippen molar-refractivity contribution in [3.63, 3.8) is 0 Å². The Morgan fingerprint density at radius 2 is 2.06 bits per heavy atom. The number of hydrogen-bond acceptors (Lipinski definition) is 2. The molecule has 1 saturated carbocycles. The number of aliphatic hydroxyl groups excluding tert-OH is 1. The van der Waals surface area contributed by atoms with Crippen LogP contribution in [0.2, 0.25) is 0 Å². The Morgan fingerprint density at radius 1 is 1.35 bits per heavy atom. The molecule has 1 fully saturated rings. The molecule has 2 rings (SSSR count). The Hall–Kier alpha value is -1.16. The van der Waals surface area contributed by atoms with Gasteiger partial charge in [0.15, 0.2) is 0 Å². The maximum absolute atomic E-state index is 13.6. The van der Waals surface area contributed by atoms with Gasteiger partial charge in [0.05, 0.1) is 12.3 Å². The van der Waals surface area contributed by atoms with E-state index in [1.165, 1.54) is 12.1 Å². The van der Waals surface area contributed by atoms with Crippen LogP contribution < -0.4 is 4.90 Å². The molecule has 1 aromatic rings. The van der Waals surface area contributed by atoms with Crippen LogP contribution in [0.4, 0.5) is 14.5 Å². The Morgan fingerprint density at radius 3 is 2.53 bits per heavy atom. The first-order valence-corrected chi connectivity index (χ1v) is 5.83. The zero-order valence-electron chi connectivity index (χ0n) is 9.92. The number of benzene rings is 1. The molecular weight excluding hydrogens is 224 g/mol. The van der Waals surface area contributed by atoms with Crippen LogP contribution in [0.25, 0.3) is 0 Å². The van der Waals surface area contributed by atoms with Crippen LogP contribution in [-0.2, 0) is 0 Å². The Labute approximate surface area is 99.9 Å². The van der Waals surface area contributed by atoms with Gasteiger partial charge in [0, 0.05) is 25.1 Å². The van der Waals surface area contributed by atoms with Crippen molar-refractivity contribution in [3.8, 4) is 0 Å². The zero-order valence-corrected chi connectivity index (χ0v) is 9.92. The first kappa shape index (κ1) is 12.3. The highest BCUT2D eigenvalue weighted by molar-refractivity contribution is 5.47. The molecule has 0 unspecified atom stereocenters. The van der Waals surface area contributed by atoms with Gasteiger partial charge in [-0.2, -0.15) is 0 Å². The number of halogens is 2. The average Bonchev–Trinajstić information content (AvgIpc) is 2.23. The average molecular weight is 241 g/mol. The van der Waals surface area contributed by atoms with Crippen LogP contribution in [0.15, 0.2) is 18.2 Å². The van der Waals surface area contributed by atoms with Gasteiger partial charge in [-0.15, -0.1) is 0 Å². The van der Waals surface area contributed by atoms with Crippen molar-refractivity contribution in [2.45, 2.75) is 19.3 Å². The lowest BCUT2D eigenvalue weighted by atomic mass is 9.69. The highest BCUT2D eigenvalue weighted by Gasteiger charge is 2.37. The molecule has 1 aromatic carbocycles. The Bertz CT molecular complexity index is 399. The summed E-state index contributed by atoms with van der Waals surface area (Å²) in [4.78, 5) is 1.75. The molecule has 0 saturated heterocycles. The summed E-state index contributed by atoms with van der Waals surface area (Å²) in [5.74, 6) is -1.12. The number of hydrogen-bond donors (Lipinski definition) is 1. The molecule has 0 aromatic heterocycles. The van der Waals surface area contributed by atoms with E-state index in [4.69, 9.17) is 0 Å². The molecule has 1 aliphatic rings. The maximum Gasteiger partial charge on any atom is 0.149 e. The molecule has 0 amide bonds. The molecule has 1 aliphatic carbocycles. The van der Waals surface area contributed by atoms with Gasteiger partial charge in [-0.25, -0.2) is 8.78 Å². The molecule has 0 spiro atoms. The second kappa shape index (κ2) is 4.61. The standard InChI is InChI=1S/C13H17F2NO/c1-16(8-13(9-17)5-2-6-13)12-4-3-10(14)7-11(12)15/h3-4,7,17H,2,5-6,8-9H2,1H3. The van der Waals surface area contributed by atoms with Crippen LogP contribution in [0, 0.1) is 17.0 Å². The predicted octanol–water partition coefficient (Wildman–Crippen LogP) is 2.56. The molecule has 4 heteroatoms. The van der Waals surface area contributed by atoms with Crippen LogP contribution >= 0.6 is 0 Å². The summed E-state index contributed by atoms with van der Waals surface area (Å²) in [6.45, 7) is 0.728. The molecule has 0 atom stereocenters. The van der Waals surface area contributed by atoms with Gasteiger partial charge in [0.2, 0.25) is 0 Å². The molecule has 1 N–H and O–H groups in total. The fourth-order valence-electron chi connectivity index (χ4n) is 2.42. The van der Waals surface area contributed by atoms with Gasteiger partial charge in [-0.05, 0) is 25.0 Å². The van der Waals surface area contributed by atoms with Crippen LogP contribution in [-0.4, -0.2) is 25.3 Å². The lowest BCUT2D eigenvalue weighted by molar-refractivity contribution is 0.0523. The lowest BCUT2D eigenvalue weighted by Gasteiger charge is -2.43. The summed E-state index contributed by atoms with van der Waals surface area (Å²) < 4.78 is 26.4. The second-order valence-electron chi connectivity index (χ2n) is 4.96. The topological polar surface area (TPSA) is 23.5 Å². The second-order valence-corrected chi connectivity index (χ2v) is 4.96. The van der Waals surface area contributed by atoms with Crippen molar-refractivity contribution in [3.05, 3.63) is 29.8 Å². The van der Waals surface area contributed by atoms with E-state index < -0.39 is 11.6 Å². The van der Waals surface area contributed by atoms with E-state index in [1.54, 1.807) is 11.9 Å². The summed E-state index contributed by atoms with van der Waals surface area (Å²) in [7, 11) is 1.77. The number of rotatable bonds is 4. The van der Waals surface area contributed by atoms with Gasteiger partial charge in [-0.1, -0.05) is 6.42 Å². The Balaban J connectivity index is 2.11. The molecule has 0 aliphatic heterocycles. The molecule has 0 heterocycles. The molecule has 2 nitrogen and oxygen atoms in total. The normalized spacial score (nSPS) is 17.6. The fourth-order valence-corrected chi connectivity index (χ4v) is 2.42. The first-order valence-electron chi connectivity index (χ1n) is 5.83. The van der Waals surface area contributed by atoms with Crippen LogP contribution in [0.3, 0.4) is 0 Å². The highest BCUT2D eigenvalue weighted by atomic mass is 19.1. The van der Waals surface area contributed by atoms with Crippen molar-refractivity contribution >= 4 is 5.69 Å². The summed E-state index contributed by atoms with van der Waals surface area (Å²) in [5, 5.41) is 9.37. The Kier molecular flexibility index (Phi) is 3.33. The van der Waals surface area contributed by atoms with Gasteiger partial charge < -0.3 is 10.0 Å². The summed E-state index contributed by atoms with van der Waals surface area (Å²) in [5.41, 5.74) is 0.279. The summed E-state index contributed by atoms with van der Waals surface area (Å²) in [6.07, 6.45) is 3.05. The highest BCUT2D eigenvalue weighted by Crippen LogP contribution is 2.41. The molecule has 0 radical (unpaired) electrons. The van der Waals surface area contributed by atoms with Crippen LogP contribution in [0.5, 0.6) is 0 Å². The van der Waals surface area contributed by atoms with E-state index in [0.717, 1.165) is 25.3 Å². The first-order chi connectivity index (χ1) is 8.06. The number of anilines is 1. The third-order valence-electron chi connectivity index (χ3n) is 3.64. The fraction of sp³-hybridized carbons (Fsp3) is 0.538. The van der Waals surface area contributed by atoms with E-state index in [2.05, 4.69) is 0 Å². The predicted molar refractivity (Wildman–Crippen MR) is 63.0 cm³/mol. The summed E-state index contributed by atoms with van der Waals surface area (Å²) in [6, 6.07) is 3.58. The van der Waals surface area contributed by atoms with E-state index in [-0.39, 0.29) is 12.0 Å². The quantitative estimate of drug-likeness (QED) is 0.875. The van der Waals surface area contributed by atoms with E-state index in [0.29, 0.717) is 12.2 Å². The largest absolute Gasteiger partial charge is 0.396 e. The van der Waals surface area contributed by atoms with Gasteiger partial charge in [-0.3, -0.25) is 0 Å². The van der Waals surface area contributed by atoms with E-state index in [9.17, 15) is 13.9 Å². The minimum Gasteiger partial charge on any atom is -0.396 e. The van der Waals surface area contributed by atoms with E-state index in [1.807, 2.05) is 0 Å². The van der Waals surface area contributed by atoms with Crippen molar-refractivity contribution < 1.29 is 13.9 Å². The van der Waals surface area contributed by atoms with Gasteiger partial charge >= 0.3 is 0 Å². The third-order valence-corrected chi connectivity index (χ3v) is 3.64. The molecule has 17 heavy (non-hydrogen) atoms. The van der Waals surface area contributed by atoms with Crippen molar-refractivity contribution in [2.24, 2.45) is 5.41 Å². The molecule has 94 valence electrons. The smallest absolute Gasteiger partial charge is 0.149 e. The molecule has 0 bridgehead atoms. The number of aliphatic hydroxyl groups is 1. The summed E-state index contributed by atoms with van der Waals surface area (Å²) >= 11 is 0. The van der Waals surface area contributed by atoms with Crippen LogP contribution in [0.1, 0.15) is 19.3 Å². The third kappa shape index (κ3) is 2.41. The lowest BCUT2D eigenvalue weighted by Crippen LogP contribution is -2.43. The van der Waals surface area contributed by atoms with Gasteiger partial charge in [0.25, 0.3) is 0 Å². The van der Waals surface area contributed by atoms with E-state index >= 15 is 0 Å². The minimum absolute atomic E-state index is 0.102. The monoisotopic (exact) mass is 241 g/mol. The van der Waals surface area contributed by atoms with Crippen molar-refractivity contribution in [2.75, 3.05) is 25.1 Å². The molecular formula is C13H17F2NO. The zero-order chi connectivity index (χ0) is 12.5. The minimum atomic E-state index is -0.569. The van der Waals surface area contributed by atoms with Gasteiger partial charge in [0.1, 0.15) is 11.6 Å². The number of nitrogens with zero attached hydrogens (tertiary/aromatic N) is 1. The van der Waals surface area contributed by atoms with Crippen molar-refractivity contribution in [1.82, 2.24) is 0 Å².